The van der Waals surface area contributed by atoms with Gasteiger partial charge in [0.15, 0.2) is 11.6 Å². The predicted octanol–water partition coefficient (Wildman–Crippen LogP) is 3.51. The van der Waals surface area contributed by atoms with Crippen molar-refractivity contribution in [3.05, 3.63) is 59.0 Å². The number of benzene rings is 1. The number of rotatable bonds is 8. The molecule has 2 aromatic heterocycles. The summed E-state index contributed by atoms with van der Waals surface area (Å²) in [7, 11) is 1.41. The number of alkyl halides is 2. The van der Waals surface area contributed by atoms with Gasteiger partial charge < -0.3 is 14.8 Å². The predicted molar refractivity (Wildman–Crippen MR) is 111 cm³/mol. The van der Waals surface area contributed by atoms with Gasteiger partial charge in [-0.1, -0.05) is 0 Å². The zero-order valence-electron chi connectivity index (χ0n) is 17.8. The van der Waals surface area contributed by atoms with Crippen molar-refractivity contribution in [3.8, 4) is 23.6 Å². The highest BCUT2D eigenvalue weighted by Gasteiger charge is 2.27. The summed E-state index contributed by atoms with van der Waals surface area (Å²) in [5.74, 6) is 0.415. The van der Waals surface area contributed by atoms with Crippen LogP contribution < -0.4 is 14.8 Å². The highest BCUT2D eigenvalue weighted by Crippen LogP contribution is 2.41. The van der Waals surface area contributed by atoms with Crippen LogP contribution in [-0.2, 0) is 0 Å². The molecule has 2 heterocycles. The summed E-state index contributed by atoms with van der Waals surface area (Å²) in [5.41, 5.74) is 1.38. The summed E-state index contributed by atoms with van der Waals surface area (Å²) in [4.78, 5) is 21.5. The number of nitrogens with zero attached hydrogens (tertiary/aromatic N) is 5. The van der Waals surface area contributed by atoms with Gasteiger partial charge in [0.2, 0.25) is 0 Å². The van der Waals surface area contributed by atoms with Crippen molar-refractivity contribution in [1.82, 2.24) is 25.1 Å². The maximum absolute atomic E-state index is 13.0. The SMILES string of the molecule is COc1nc([C@H](C)NC(=O)c2cc(OC(F)F)cc(C3CC3)c2)n(-c2ccc(C#N)cn2)n1. The van der Waals surface area contributed by atoms with E-state index in [4.69, 9.17) is 10.00 Å². The molecule has 0 aliphatic heterocycles. The Balaban J connectivity index is 1.60. The van der Waals surface area contributed by atoms with Crippen LogP contribution in [0.15, 0.2) is 36.5 Å². The van der Waals surface area contributed by atoms with Crippen molar-refractivity contribution in [2.75, 3.05) is 7.11 Å². The van der Waals surface area contributed by atoms with Crippen molar-refractivity contribution >= 4 is 5.91 Å². The van der Waals surface area contributed by atoms with E-state index in [0.29, 0.717) is 17.2 Å². The van der Waals surface area contributed by atoms with Crippen LogP contribution in [-0.4, -0.2) is 39.4 Å². The number of aromatic nitrogens is 4. The molecule has 1 saturated carbocycles. The Bertz CT molecular complexity index is 1200. The van der Waals surface area contributed by atoms with Crippen molar-refractivity contribution in [3.63, 3.8) is 0 Å². The normalized spacial score (nSPS) is 13.9. The summed E-state index contributed by atoms with van der Waals surface area (Å²) in [6.07, 6.45) is 3.27. The molecule has 4 rings (SSSR count). The van der Waals surface area contributed by atoms with Crippen LogP contribution in [0, 0.1) is 11.3 Å². The number of nitriles is 1. The molecular formula is C22H20F2N6O3. The number of carbonyl (C=O) groups is 1. The Hall–Kier alpha value is -4.07. The van der Waals surface area contributed by atoms with E-state index in [1.807, 2.05) is 6.07 Å². The largest absolute Gasteiger partial charge is 0.466 e. The van der Waals surface area contributed by atoms with Gasteiger partial charge in [-0.05, 0) is 61.6 Å². The van der Waals surface area contributed by atoms with Crippen molar-refractivity contribution in [2.24, 2.45) is 0 Å². The van der Waals surface area contributed by atoms with E-state index in [1.165, 1.54) is 24.1 Å². The number of nitrogens with one attached hydrogen (secondary N) is 1. The fourth-order valence-corrected chi connectivity index (χ4v) is 3.34. The van der Waals surface area contributed by atoms with Gasteiger partial charge in [0, 0.05) is 11.8 Å². The summed E-state index contributed by atoms with van der Waals surface area (Å²) < 4.78 is 36.6. The fourth-order valence-electron chi connectivity index (χ4n) is 3.34. The molecule has 11 heteroatoms. The van der Waals surface area contributed by atoms with Gasteiger partial charge in [0.1, 0.15) is 11.8 Å². The molecule has 0 saturated heterocycles. The second-order valence-electron chi connectivity index (χ2n) is 7.52. The number of amides is 1. The molecular weight excluding hydrogens is 434 g/mol. The second-order valence-corrected chi connectivity index (χ2v) is 7.52. The fraction of sp³-hybridized carbons (Fsp3) is 0.318. The van der Waals surface area contributed by atoms with Crippen LogP contribution in [0.5, 0.6) is 11.8 Å². The zero-order valence-corrected chi connectivity index (χ0v) is 17.8. The van der Waals surface area contributed by atoms with Crippen LogP contribution in [0.3, 0.4) is 0 Å². The molecule has 33 heavy (non-hydrogen) atoms. The van der Waals surface area contributed by atoms with E-state index >= 15 is 0 Å². The van der Waals surface area contributed by atoms with Crippen LogP contribution >= 0.6 is 0 Å². The first-order chi connectivity index (χ1) is 15.9. The highest BCUT2D eigenvalue weighted by molar-refractivity contribution is 5.95. The second kappa shape index (κ2) is 9.20. The number of ether oxygens (including phenoxy) is 2. The standard InChI is InChI=1S/C22H20F2N6O3/c1-12(19-28-22(32-2)29-30(19)18-6-3-13(10-25)11-26-18)27-20(31)16-7-15(14-4-5-14)8-17(9-16)33-21(23)24/h3,6-9,11-12,14,21H,4-5H2,1-2H3,(H,27,31)/t12-/m0/s1. The number of hydrogen-bond acceptors (Lipinski definition) is 7. The molecule has 0 radical (unpaired) electrons. The maximum Gasteiger partial charge on any atom is 0.387 e. The van der Waals surface area contributed by atoms with Gasteiger partial charge in [-0.15, -0.1) is 5.10 Å². The zero-order chi connectivity index (χ0) is 23.5. The third-order valence-electron chi connectivity index (χ3n) is 5.09. The Kier molecular flexibility index (Phi) is 6.17. The third kappa shape index (κ3) is 5.06. The number of hydrogen-bond donors (Lipinski definition) is 1. The van der Waals surface area contributed by atoms with Gasteiger partial charge in [-0.2, -0.15) is 23.7 Å². The Morgan fingerprint density at radius 1 is 1.30 bits per heavy atom. The summed E-state index contributed by atoms with van der Waals surface area (Å²) >= 11 is 0. The molecule has 1 aliphatic rings. The summed E-state index contributed by atoms with van der Waals surface area (Å²) in [6.45, 7) is -1.29. The minimum Gasteiger partial charge on any atom is -0.466 e. The van der Waals surface area contributed by atoms with Gasteiger partial charge in [0.05, 0.1) is 18.7 Å². The number of carbonyl (C=O) groups excluding carboxylic acids is 1. The molecule has 0 unspecified atom stereocenters. The van der Waals surface area contributed by atoms with E-state index in [0.717, 1.165) is 18.4 Å². The van der Waals surface area contributed by atoms with Gasteiger partial charge in [-0.3, -0.25) is 4.79 Å². The van der Waals surface area contributed by atoms with E-state index < -0.39 is 18.6 Å². The molecule has 9 nitrogen and oxygen atoms in total. The highest BCUT2D eigenvalue weighted by atomic mass is 19.3. The van der Waals surface area contributed by atoms with Crippen molar-refractivity contribution in [1.29, 1.82) is 5.26 Å². The van der Waals surface area contributed by atoms with E-state index in [1.54, 1.807) is 31.2 Å². The van der Waals surface area contributed by atoms with E-state index in [2.05, 4.69) is 25.1 Å². The smallest absolute Gasteiger partial charge is 0.387 e. The quantitative estimate of drug-likeness (QED) is 0.554. The topological polar surface area (TPSA) is 115 Å². The Morgan fingerprint density at radius 2 is 2.09 bits per heavy atom. The van der Waals surface area contributed by atoms with Gasteiger partial charge in [0.25, 0.3) is 5.91 Å². The van der Waals surface area contributed by atoms with E-state index in [-0.39, 0.29) is 23.2 Å². The van der Waals surface area contributed by atoms with E-state index in [9.17, 15) is 13.6 Å². The number of halogens is 2. The minimum absolute atomic E-state index is 0.0566. The molecule has 1 amide bonds. The molecule has 1 aromatic carbocycles. The lowest BCUT2D eigenvalue weighted by atomic mass is 10.1. The molecule has 3 aromatic rings. The van der Waals surface area contributed by atoms with Crippen LogP contribution in [0.25, 0.3) is 5.82 Å². The van der Waals surface area contributed by atoms with Gasteiger partial charge >= 0.3 is 12.6 Å². The first-order valence-corrected chi connectivity index (χ1v) is 10.2. The van der Waals surface area contributed by atoms with Crippen LogP contribution in [0.2, 0.25) is 0 Å². The van der Waals surface area contributed by atoms with Crippen LogP contribution in [0.4, 0.5) is 8.78 Å². The lowest BCUT2D eigenvalue weighted by Crippen LogP contribution is -2.29. The summed E-state index contributed by atoms with van der Waals surface area (Å²) in [6, 6.07) is 9.11. The average Bonchev–Trinajstić information content (AvgIpc) is 3.57. The molecule has 1 N–H and O–H groups in total. The first kappa shape index (κ1) is 22.1. The third-order valence-corrected chi connectivity index (χ3v) is 5.09. The molecule has 170 valence electrons. The monoisotopic (exact) mass is 454 g/mol. The van der Waals surface area contributed by atoms with Crippen molar-refractivity contribution in [2.45, 2.75) is 38.3 Å². The molecule has 1 atom stereocenters. The molecule has 0 bridgehead atoms. The van der Waals surface area contributed by atoms with Crippen molar-refractivity contribution < 1.29 is 23.0 Å². The first-order valence-electron chi connectivity index (χ1n) is 10.2. The lowest BCUT2D eigenvalue weighted by Gasteiger charge is -2.15. The number of pyridine rings is 1. The lowest BCUT2D eigenvalue weighted by molar-refractivity contribution is -0.0499. The molecule has 0 spiro atoms. The molecule has 1 aliphatic carbocycles. The average molecular weight is 454 g/mol. The minimum atomic E-state index is -2.99. The molecule has 1 fully saturated rings. The summed E-state index contributed by atoms with van der Waals surface area (Å²) in [5, 5.41) is 16.0. The maximum atomic E-state index is 13.0. The Morgan fingerprint density at radius 3 is 2.70 bits per heavy atom. The van der Waals surface area contributed by atoms with Crippen LogP contribution in [0.1, 0.15) is 59.0 Å². The Labute approximate surface area is 188 Å². The van der Waals surface area contributed by atoms with Gasteiger partial charge in [-0.25, -0.2) is 4.98 Å². The number of methoxy groups -OCH3 is 1.